The van der Waals surface area contributed by atoms with Crippen LogP contribution in [0.1, 0.15) is 17.6 Å². The van der Waals surface area contributed by atoms with E-state index in [2.05, 4.69) is 25.5 Å². The highest BCUT2D eigenvalue weighted by atomic mass is 16.6. The number of aromatic nitrogens is 4. The Kier molecular flexibility index (Phi) is 3.62. The third kappa shape index (κ3) is 2.35. The number of nitrogens with one attached hydrogen (secondary N) is 1. The maximum absolute atomic E-state index is 11.2. The molecule has 0 spiro atoms. The van der Waals surface area contributed by atoms with Crippen LogP contribution in [0.2, 0.25) is 0 Å². The number of hydrogen-bond donors (Lipinski definition) is 1. The molecule has 22 heavy (non-hydrogen) atoms. The largest absolute Gasteiger partial charge is 0.332 e. The van der Waals surface area contributed by atoms with Gasteiger partial charge in [0.25, 0.3) is 5.89 Å². The van der Waals surface area contributed by atoms with E-state index < -0.39 is 4.92 Å². The summed E-state index contributed by atoms with van der Waals surface area (Å²) in [6.45, 7) is 4.07. The molecule has 1 saturated heterocycles. The number of piperazine rings is 1. The summed E-state index contributed by atoms with van der Waals surface area (Å²) in [6.07, 6.45) is 0. The summed E-state index contributed by atoms with van der Waals surface area (Å²) in [7, 11) is 3.60. The van der Waals surface area contributed by atoms with Crippen LogP contribution in [0.25, 0.3) is 11.6 Å². The molecule has 0 bridgehead atoms. The first-order valence-corrected chi connectivity index (χ1v) is 6.92. The second kappa shape index (κ2) is 5.46. The van der Waals surface area contributed by atoms with Crippen molar-refractivity contribution < 1.29 is 9.45 Å². The van der Waals surface area contributed by atoms with Crippen molar-refractivity contribution in [1.82, 2.24) is 30.1 Å². The summed E-state index contributed by atoms with van der Waals surface area (Å²) in [4.78, 5) is 17.2. The topological polar surface area (TPSA) is 115 Å². The monoisotopic (exact) mass is 307 g/mol. The number of likely N-dealkylation sites (N-methyl/N-ethyl adjacent to an activating group) is 1. The van der Waals surface area contributed by atoms with Gasteiger partial charge in [0, 0.05) is 26.7 Å². The van der Waals surface area contributed by atoms with Gasteiger partial charge in [-0.25, -0.2) is 0 Å². The average Bonchev–Trinajstić information content (AvgIpc) is 3.03. The number of nitro groups is 1. The van der Waals surface area contributed by atoms with E-state index in [4.69, 9.17) is 4.52 Å². The molecular weight excluding hydrogens is 290 g/mol. The highest BCUT2D eigenvalue weighted by Gasteiger charge is 2.31. The molecule has 2 aromatic rings. The highest BCUT2D eigenvalue weighted by molar-refractivity contribution is 5.64. The van der Waals surface area contributed by atoms with Crippen LogP contribution in [-0.2, 0) is 7.05 Å². The molecule has 10 nitrogen and oxygen atoms in total. The van der Waals surface area contributed by atoms with Crippen LogP contribution >= 0.6 is 0 Å². The molecule has 0 aromatic carbocycles. The Balaban J connectivity index is 1.99. The Hall–Kier alpha value is -2.33. The molecule has 0 radical (unpaired) electrons. The summed E-state index contributed by atoms with van der Waals surface area (Å²) < 4.78 is 6.65. The first kappa shape index (κ1) is 14.6. The maximum Gasteiger partial charge on any atom is 0.322 e. The van der Waals surface area contributed by atoms with Crippen LogP contribution in [-0.4, -0.2) is 56.4 Å². The molecule has 3 rings (SSSR count). The fourth-order valence-electron chi connectivity index (χ4n) is 2.67. The molecule has 0 saturated carbocycles. The van der Waals surface area contributed by atoms with E-state index in [0.717, 1.165) is 13.1 Å². The minimum atomic E-state index is -0.476. The van der Waals surface area contributed by atoms with Crippen LogP contribution in [0.4, 0.5) is 5.69 Å². The van der Waals surface area contributed by atoms with Crippen LogP contribution in [0.3, 0.4) is 0 Å². The smallest absolute Gasteiger partial charge is 0.322 e. The molecule has 118 valence electrons. The third-order valence-electron chi connectivity index (χ3n) is 3.83. The minimum absolute atomic E-state index is 0.0142. The molecule has 10 heteroatoms. The summed E-state index contributed by atoms with van der Waals surface area (Å²) in [5.41, 5.74) is 0.444. The average molecular weight is 307 g/mol. The predicted molar refractivity (Wildman–Crippen MR) is 76.1 cm³/mol. The van der Waals surface area contributed by atoms with Gasteiger partial charge in [0.05, 0.1) is 11.0 Å². The van der Waals surface area contributed by atoms with Crippen LogP contribution in [0, 0.1) is 17.0 Å². The normalized spacial score (nSPS) is 19.5. The van der Waals surface area contributed by atoms with Crippen molar-refractivity contribution in [3.8, 4) is 11.6 Å². The second-order valence-electron chi connectivity index (χ2n) is 5.32. The van der Waals surface area contributed by atoms with Crippen molar-refractivity contribution in [2.24, 2.45) is 7.05 Å². The molecule has 1 N–H and O–H groups in total. The summed E-state index contributed by atoms with van der Waals surface area (Å²) in [5.74, 6) is 0.627. The van der Waals surface area contributed by atoms with Gasteiger partial charge in [0.15, 0.2) is 5.82 Å². The standard InChI is InChI=1S/C12H17N7O3/c1-7-9(19(20)21)10(18(3)15-7)12-14-11(16-22-12)8-6-13-4-5-17(8)2/h8,13H,4-6H2,1-3H3. The molecule has 0 aliphatic carbocycles. The maximum atomic E-state index is 11.2. The van der Waals surface area contributed by atoms with Gasteiger partial charge in [-0.2, -0.15) is 10.1 Å². The molecule has 1 fully saturated rings. The van der Waals surface area contributed by atoms with Gasteiger partial charge in [-0.1, -0.05) is 5.16 Å². The van der Waals surface area contributed by atoms with Crippen LogP contribution < -0.4 is 5.32 Å². The summed E-state index contributed by atoms with van der Waals surface area (Å²) in [6, 6.07) is -0.0142. The van der Waals surface area contributed by atoms with Crippen molar-refractivity contribution >= 4 is 5.69 Å². The summed E-state index contributed by atoms with van der Waals surface area (Å²) in [5, 5.41) is 22.6. The lowest BCUT2D eigenvalue weighted by Crippen LogP contribution is -2.44. The van der Waals surface area contributed by atoms with Crippen molar-refractivity contribution in [1.29, 1.82) is 0 Å². The Morgan fingerprint density at radius 1 is 1.45 bits per heavy atom. The SMILES string of the molecule is Cc1nn(C)c(-c2nc(C3CNCCN3C)no2)c1[N+](=O)[O-]. The Morgan fingerprint density at radius 2 is 2.23 bits per heavy atom. The zero-order valence-electron chi connectivity index (χ0n) is 12.6. The van der Waals surface area contributed by atoms with Crippen molar-refractivity contribution in [3.63, 3.8) is 0 Å². The predicted octanol–water partition coefficient (Wildman–Crippen LogP) is 0.263. The zero-order chi connectivity index (χ0) is 15.9. The Labute approximate surface area is 126 Å². The van der Waals surface area contributed by atoms with E-state index in [1.165, 1.54) is 4.68 Å². The first-order valence-electron chi connectivity index (χ1n) is 6.92. The molecule has 1 unspecified atom stereocenters. The quantitative estimate of drug-likeness (QED) is 0.634. The second-order valence-corrected chi connectivity index (χ2v) is 5.32. The van der Waals surface area contributed by atoms with Gasteiger partial charge >= 0.3 is 5.69 Å². The fourth-order valence-corrected chi connectivity index (χ4v) is 2.67. The lowest BCUT2D eigenvalue weighted by molar-refractivity contribution is -0.384. The molecule has 3 heterocycles. The Bertz CT molecular complexity index is 708. The van der Waals surface area contributed by atoms with Gasteiger partial charge in [-0.05, 0) is 14.0 Å². The first-order chi connectivity index (χ1) is 10.5. The van der Waals surface area contributed by atoms with Crippen molar-refractivity contribution in [2.75, 3.05) is 26.7 Å². The number of aryl methyl sites for hydroxylation is 2. The van der Waals surface area contributed by atoms with E-state index in [1.54, 1.807) is 14.0 Å². The number of hydrogen-bond acceptors (Lipinski definition) is 8. The van der Waals surface area contributed by atoms with Gasteiger partial charge in [0.2, 0.25) is 5.69 Å². The van der Waals surface area contributed by atoms with Crippen molar-refractivity contribution in [3.05, 3.63) is 21.6 Å². The van der Waals surface area contributed by atoms with Gasteiger partial charge < -0.3 is 9.84 Å². The van der Waals surface area contributed by atoms with Gasteiger partial charge in [-0.3, -0.25) is 19.7 Å². The van der Waals surface area contributed by atoms with E-state index in [0.29, 0.717) is 18.1 Å². The zero-order valence-corrected chi connectivity index (χ0v) is 12.6. The molecule has 0 amide bonds. The number of nitrogens with zero attached hydrogens (tertiary/aromatic N) is 6. The lowest BCUT2D eigenvalue weighted by atomic mass is 10.2. The molecule has 2 aromatic heterocycles. The van der Waals surface area contributed by atoms with Crippen LogP contribution in [0.15, 0.2) is 4.52 Å². The molecular formula is C12H17N7O3. The van der Waals surface area contributed by atoms with Gasteiger partial charge in [0.1, 0.15) is 5.69 Å². The van der Waals surface area contributed by atoms with E-state index in [-0.39, 0.29) is 23.3 Å². The lowest BCUT2D eigenvalue weighted by Gasteiger charge is -2.30. The molecule has 1 aliphatic rings. The highest BCUT2D eigenvalue weighted by Crippen LogP contribution is 2.32. The van der Waals surface area contributed by atoms with Gasteiger partial charge in [-0.15, -0.1) is 0 Å². The number of rotatable bonds is 3. The molecule has 1 atom stereocenters. The summed E-state index contributed by atoms with van der Waals surface area (Å²) >= 11 is 0. The third-order valence-corrected chi connectivity index (χ3v) is 3.83. The van der Waals surface area contributed by atoms with E-state index >= 15 is 0 Å². The molecule has 1 aliphatic heterocycles. The Morgan fingerprint density at radius 3 is 2.91 bits per heavy atom. The van der Waals surface area contributed by atoms with E-state index in [9.17, 15) is 10.1 Å². The minimum Gasteiger partial charge on any atom is -0.332 e. The fraction of sp³-hybridized carbons (Fsp3) is 0.583. The van der Waals surface area contributed by atoms with Crippen LogP contribution in [0.5, 0.6) is 0 Å². The van der Waals surface area contributed by atoms with Crippen molar-refractivity contribution in [2.45, 2.75) is 13.0 Å². The van der Waals surface area contributed by atoms with E-state index in [1.807, 2.05) is 7.05 Å².